The molecule has 1 saturated heterocycles. The summed E-state index contributed by atoms with van der Waals surface area (Å²) in [5.41, 5.74) is 0. The van der Waals surface area contributed by atoms with Crippen LogP contribution in [0.2, 0.25) is 0 Å². The molecule has 17 heavy (non-hydrogen) atoms. The first-order valence-electron chi connectivity index (χ1n) is 6.12. The number of amides is 1. The van der Waals surface area contributed by atoms with Gasteiger partial charge in [0, 0.05) is 19.0 Å². The number of piperidine rings is 1. The standard InChI is InChI=1S/C13H18ClNO2/c1-10-4-5-12(17-10)13(16)15-8-2-3-11(9-15)6-7-14/h4-5,11H,2-3,6-9H2,1H3. The van der Waals surface area contributed by atoms with E-state index < -0.39 is 0 Å². The maximum atomic E-state index is 12.2. The Morgan fingerprint density at radius 1 is 1.59 bits per heavy atom. The summed E-state index contributed by atoms with van der Waals surface area (Å²) in [5, 5.41) is 0. The highest BCUT2D eigenvalue weighted by molar-refractivity contribution is 6.17. The van der Waals surface area contributed by atoms with Crippen LogP contribution in [-0.2, 0) is 0 Å². The van der Waals surface area contributed by atoms with E-state index in [9.17, 15) is 4.79 Å². The van der Waals surface area contributed by atoms with Crippen molar-refractivity contribution < 1.29 is 9.21 Å². The van der Waals surface area contributed by atoms with Crippen LogP contribution in [0, 0.1) is 12.8 Å². The van der Waals surface area contributed by atoms with Crippen LogP contribution >= 0.6 is 11.6 Å². The summed E-state index contributed by atoms with van der Waals surface area (Å²) in [7, 11) is 0. The van der Waals surface area contributed by atoms with E-state index in [-0.39, 0.29) is 5.91 Å². The molecular weight excluding hydrogens is 238 g/mol. The van der Waals surface area contributed by atoms with Crippen molar-refractivity contribution in [3.05, 3.63) is 23.7 Å². The zero-order valence-corrected chi connectivity index (χ0v) is 10.9. The van der Waals surface area contributed by atoms with Gasteiger partial charge < -0.3 is 9.32 Å². The lowest BCUT2D eigenvalue weighted by Gasteiger charge is -2.31. The lowest BCUT2D eigenvalue weighted by molar-refractivity contribution is 0.0638. The predicted octanol–water partition coefficient (Wildman–Crippen LogP) is 3.07. The lowest BCUT2D eigenvalue weighted by atomic mass is 9.95. The summed E-state index contributed by atoms with van der Waals surface area (Å²) in [6.07, 6.45) is 3.23. The van der Waals surface area contributed by atoms with Gasteiger partial charge >= 0.3 is 0 Å². The Morgan fingerprint density at radius 3 is 3.06 bits per heavy atom. The summed E-state index contributed by atoms with van der Waals surface area (Å²) in [6.45, 7) is 3.49. The van der Waals surface area contributed by atoms with Gasteiger partial charge in [-0.05, 0) is 44.2 Å². The number of carbonyl (C=O) groups is 1. The Morgan fingerprint density at radius 2 is 2.41 bits per heavy atom. The molecule has 1 fully saturated rings. The van der Waals surface area contributed by atoms with Gasteiger partial charge in [0.2, 0.25) is 0 Å². The van der Waals surface area contributed by atoms with Gasteiger partial charge in [-0.25, -0.2) is 0 Å². The Bertz CT molecular complexity index is 387. The van der Waals surface area contributed by atoms with E-state index in [1.165, 1.54) is 6.42 Å². The molecule has 1 aliphatic heterocycles. The monoisotopic (exact) mass is 255 g/mol. The number of carbonyl (C=O) groups excluding carboxylic acids is 1. The lowest BCUT2D eigenvalue weighted by Crippen LogP contribution is -2.39. The average Bonchev–Trinajstić information content (AvgIpc) is 2.76. The maximum Gasteiger partial charge on any atom is 0.289 e. The number of hydrogen-bond donors (Lipinski definition) is 0. The molecule has 1 aromatic rings. The SMILES string of the molecule is Cc1ccc(C(=O)N2CCCC(CCCl)C2)o1. The number of alkyl halides is 1. The first-order chi connectivity index (χ1) is 8.20. The van der Waals surface area contributed by atoms with E-state index in [1.807, 2.05) is 17.9 Å². The molecule has 0 radical (unpaired) electrons. The van der Waals surface area contributed by atoms with Gasteiger partial charge in [-0.15, -0.1) is 11.6 Å². The van der Waals surface area contributed by atoms with Crippen molar-refractivity contribution in [3.8, 4) is 0 Å². The Hall–Kier alpha value is -0.960. The second kappa shape index (κ2) is 5.58. The second-order valence-corrected chi connectivity index (χ2v) is 5.03. The minimum absolute atomic E-state index is 0.0115. The molecule has 4 heteroatoms. The van der Waals surface area contributed by atoms with E-state index >= 15 is 0 Å². The molecule has 0 aliphatic carbocycles. The van der Waals surface area contributed by atoms with Crippen molar-refractivity contribution in [2.75, 3.05) is 19.0 Å². The van der Waals surface area contributed by atoms with Crippen molar-refractivity contribution in [1.29, 1.82) is 0 Å². The topological polar surface area (TPSA) is 33.5 Å². The molecule has 0 bridgehead atoms. The number of halogens is 1. The molecule has 0 aromatic carbocycles. The highest BCUT2D eigenvalue weighted by atomic mass is 35.5. The second-order valence-electron chi connectivity index (χ2n) is 4.65. The summed E-state index contributed by atoms with van der Waals surface area (Å²) in [5.74, 6) is 2.46. The fourth-order valence-electron chi connectivity index (χ4n) is 2.34. The molecule has 2 heterocycles. The molecule has 1 unspecified atom stereocenters. The number of nitrogens with zero attached hydrogens (tertiary/aromatic N) is 1. The zero-order chi connectivity index (χ0) is 12.3. The van der Waals surface area contributed by atoms with Gasteiger partial charge in [-0.3, -0.25) is 4.79 Å². The van der Waals surface area contributed by atoms with E-state index in [4.69, 9.17) is 16.0 Å². The third-order valence-electron chi connectivity index (χ3n) is 3.27. The first kappa shape index (κ1) is 12.5. The van der Waals surface area contributed by atoms with Crippen LogP contribution < -0.4 is 0 Å². The molecule has 3 nitrogen and oxygen atoms in total. The highest BCUT2D eigenvalue weighted by Crippen LogP contribution is 2.22. The summed E-state index contributed by atoms with van der Waals surface area (Å²) in [6, 6.07) is 3.58. The van der Waals surface area contributed by atoms with E-state index in [0.717, 1.165) is 31.7 Å². The normalized spacial score (nSPS) is 20.6. The van der Waals surface area contributed by atoms with Crippen molar-refractivity contribution >= 4 is 17.5 Å². The smallest absolute Gasteiger partial charge is 0.289 e. The van der Waals surface area contributed by atoms with Gasteiger partial charge in [-0.1, -0.05) is 0 Å². The number of rotatable bonds is 3. The van der Waals surface area contributed by atoms with Gasteiger partial charge in [0.15, 0.2) is 5.76 Å². The van der Waals surface area contributed by atoms with Crippen LogP contribution in [0.5, 0.6) is 0 Å². The summed E-state index contributed by atoms with van der Waals surface area (Å²) >= 11 is 5.76. The molecule has 1 aliphatic rings. The highest BCUT2D eigenvalue weighted by Gasteiger charge is 2.25. The van der Waals surface area contributed by atoms with E-state index in [2.05, 4.69) is 0 Å². The van der Waals surface area contributed by atoms with Crippen LogP contribution in [-0.4, -0.2) is 29.8 Å². The van der Waals surface area contributed by atoms with Crippen molar-refractivity contribution in [1.82, 2.24) is 4.90 Å². The van der Waals surface area contributed by atoms with Crippen LogP contribution in [0.1, 0.15) is 35.6 Å². The third kappa shape index (κ3) is 3.03. The number of furan rings is 1. The summed E-state index contributed by atoms with van der Waals surface area (Å²) < 4.78 is 5.38. The quantitative estimate of drug-likeness (QED) is 0.778. The van der Waals surface area contributed by atoms with Gasteiger partial charge in [0.05, 0.1) is 0 Å². The number of hydrogen-bond acceptors (Lipinski definition) is 2. The van der Waals surface area contributed by atoms with Gasteiger partial charge in [0.1, 0.15) is 5.76 Å². The average molecular weight is 256 g/mol. The molecule has 0 saturated carbocycles. The van der Waals surface area contributed by atoms with Crippen LogP contribution in [0.4, 0.5) is 0 Å². The molecule has 1 amide bonds. The van der Waals surface area contributed by atoms with Crippen LogP contribution in [0.3, 0.4) is 0 Å². The Balaban J connectivity index is 1.99. The van der Waals surface area contributed by atoms with E-state index in [1.54, 1.807) is 6.07 Å². The first-order valence-corrected chi connectivity index (χ1v) is 6.66. The Kier molecular flexibility index (Phi) is 4.11. The zero-order valence-electron chi connectivity index (χ0n) is 10.1. The Labute approximate surface area is 107 Å². The summed E-state index contributed by atoms with van der Waals surface area (Å²) in [4.78, 5) is 14.0. The molecule has 1 atom stereocenters. The fourth-order valence-corrected chi connectivity index (χ4v) is 2.65. The largest absolute Gasteiger partial charge is 0.456 e. The molecular formula is C13H18ClNO2. The molecule has 2 rings (SSSR count). The molecule has 0 N–H and O–H groups in total. The fraction of sp³-hybridized carbons (Fsp3) is 0.615. The van der Waals surface area contributed by atoms with Crippen molar-refractivity contribution in [2.45, 2.75) is 26.2 Å². The minimum atomic E-state index is 0.0115. The van der Waals surface area contributed by atoms with Crippen molar-refractivity contribution in [3.63, 3.8) is 0 Å². The minimum Gasteiger partial charge on any atom is -0.456 e. The number of aryl methyl sites for hydroxylation is 1. The molecule has 94 valence electrons. The molecule has 1 aromatic heterocycles. The number of likely N-dealkylation sites (tertiary alicyclic amines) is 1. The van der Waals surface area contributed by atoms with Crippen LogP contribution in [0.25, 0.3) is 0 Å². The van der Waals surface area contributed by atoms with Gasteiger partial charge in [0.25, 0.3) is 5.91 Å². The molecule has 0 spiro atoms. The van der Waals surface area contributed by atoms with Gasteiger partial charge in [-0.2, -0.15) is 0 Å². The third-order valence-corrected chi connectivity index (χ3v) is 3.49. The van der Waals surface area contributed by atoms with E-state index in [0.29, 0.717) is 17.6 Å². The predicted molar refractivity (Wildman–Crippen MR) is 67.4 cm³/mol. The van der Waals surface area contributed by atoms with Crippen LogP contribution in [0.15, 0.2) is 16.5 Å². The van der Waals surface area contributed by atoms with Crippen molar-refractivity contribution in [2.24, 2.45) is 5.92 Å². The maximum absolute atomic E-state index is 12.2.